The van der Waals surface area contributed by atoms with Gasteiger partial charge in [-0.1, -0.05) is 72.8 Å². The minimum Gasteiger partial charge on any atom is -0.362 e. The number of para-hydroxylation sites is 1. The van der Waals surface area contributed by atoms with E-state index in [0.29, 0.717) is 12.1 Å². The summed E-state index contributed by atoms with van der Waals surface area (Å²) >= 11 is 0. The van der Waals surface area contributed by atoms with Gasteiger partial charge in [0, 0.05) is 31.4 Å². The van der Waals surface area contributed by atoms with Crippen molar-refractivity contribution in [1.29, 1.82) is 0 Å². The molecule has 136 valence electrons. The Morgan fingerprint density at radius 1 is 0.778 bits per heavy atom. The summed E-state index contributed by atoms with van der Waals surface area (Å²) in [5.74, 6) is 0. The third kappa shape index (κ3) is 2.94. The zero-order valence-corrected chi connectivity index (χ0v) is 15.9. The Morgan fingerprint density at radius 2 is 1.48 bits per heavy atom. The number of hydrogen-bond donors (Lipinski definition) is 0. The standard InChI is InChI=1S/C25H26N2/c1-19(20-9-3-2-4-10-20)26-15-16-27-24-14-8-6-12-22(24)17-21-11-5-7-13-23(21)25(27)18-26/h2-14,19,25H,15-18H2,1H3/t19-,25-/m0/s1. The predicted octanol–water partition coefficient (Wildman–Crippen LogP) is 5.22. The van der Waals surface area contributed by atoms with Crippen LogP contribution in [0.5, 0.6) is 0 Å². The fourth-order valence-corrected chi connectivity index (χ4v) is 4.82. The largest absolute Gasteiger partial charge is 0.362 e. The van der Waals surface area contributed by atoms with E-state index in [0.717, 1.165) is 26.1 Å². The molecule has 2 nitrogen and oxygen atoms in total. The highest BCUT2D eigenvalue weighted by Gasteiger charge is 2.34. The van der Waals surface area contributed by atoms with Crippen LogP contribution in [0.3, 0.4) is 0 Å². The van der Waals surface area contributed by atoms with Gasteiger partial charge in [-0.2, -0.15) is 0 Å². The van der Waals surface area contributed by atoms with Gasteiger partial charge < -0.3 is 4.90 Å². The van der Waals surface area contributed by atoms with Gasteiger partial charge in [-0.3, -0.25) is 4.90 Å². The highest BCUT2D eigenvalue weighted by atomic mass is 15.3. The lowest BCUT2D eigenvalue weighted by Crippen LogP contribution is -2.49. The number of piperazine rings is 1. The Balaban J connectivity index is 1.53. The predicted molar refractivity (Wildman–Crippen MR) is 112 cm³/mol. The maximum Gasteiger partial charge on any atom is 0.0673 e. The highest BCUT2D eigenvalue weighted by molar-refractivity contribution is 5.60. The van der Waals surface area contributed by atoms with E-state index < -0.39 is 0 Å². The molecule has 3 aromatic rings. The molecule has 0 amide bonds. The molecular weight excluding hydrogens is 328 g/mol. The van der Waals surface area contributed by atoms with Crippen LogP contribution in [-0.4, -0.2) is 24.5 Å². The van der Waals surface area contributed by atoms with Crippen molar-refractivity contribution in [2.75, 3.05) is 24.5 Å². The van der Waals surface area contributed by atoms with Crippen LogP contribution in [-0.2, 0) is 6.42 Å². The van der Waals surface area contributed by atoms with Gasteiger partial charge >= 0.3 is 0 Å². The van der Waals surface area contributed by atoms with Crippen molar-refractivity contribution in [3.8, 4) is 0 Å². The number of benzene rings is 3. The summed E-state index contributed by atoms with van der Waals surface area (Å²) in [7, 11) is 0. The second-order valence-corrected chi connectivity index (χ2v) is 7.80. The molecule has 0 aromatic heterocycles. The van der Waals surface area contributed by atoms with E-state index in [1.54, 1.807) is 0 Å². The Morgan fingerprint density at radius 3 is 2.33 bits per heavy atom. The molecule has 0 N–H and O–H groups in total. The molecule has 2 heteroatoms. The van der Waals surface area contributed by atoms with Crippen LogP contribution >= 0.6 is 0 Å². The van der Waals surface area contributed by atoms with Crippen molar-refractivity contribution >= 4 is 5.69 Å². The lowest BCUT2D eigenvalue weighted by atomic mass is 9.95. The molecule has 2 aliphatic rings. The van der Waals surface area contributed by atoms with E-state index in [-0.39, 0.29) is 0 Å². The summed E-state index contributed by atoms with van der Waals surface area (Å²) in [6.45, 7) is 5.60. The second kappa shape index (κ2) is 6.86. The van der Waals surface area contributed by atoms with E-state index in [2.05, 4.69) is 95.6 Å². The molecule has 0 spiro atoms. The number of nitrogens with zero attached hydrogens (tertiary/aromatic N) is 2. The van der Waals surface area contributed by atoms with E-state index in [4.69, 9.17) is 0 Å². The molecule has 0 bridgehead atoms. The zero-order chi connectivity index (χ0) is 18.2. The third-order valence-electron chi connectivity index (χ3n) is 6.34. The first-order valence-corrected chi connectivity index (χ1v) is 10.0. The topological polar surface area (TPSA) is 6.48 Å². The number of rotatable bonds is 2. The van der Waals surface area contributed by atoms with Crippen LogP contribution in [0.4, 0.5) is 5.69 Å². The van der Waals surface area contributed by atoms with Crippen molar-refractivity contribution in [3.63, 3.8) is 0 Å². The van der Waals surface area contributed by atoms with Gasteiger partial charge in [-0.25, -0.2) is 0 Å². The van der Waals surface area contributed by atoms with Crippen molar-refractivity contribution in [2.45, 2.75) is 25.4 Å². The summed E-state index contributed by atoms with van der Waals surface area (Å²) in [4.78, 5) is 5.30. The maximum absolute atomic E-state index is 2.65. The molecule has 27 heavy (non-hydrogen) atoms. The molecule has 2 atom stereocenters. The van der Waals surface area contributed by atoms with E-state index in [1.165, 1.54) is 27.9 Å². The van der Waals surface area contributed by atoms with E-state index in [9.17, 15) is 0 Å². The third-order valence-corrected chi connectivity index (χ3v) is 6.34. The first kappa shape index (κ1) is 16.6. The molecule has 2 aliphatic heterocycles. The molecule has 1 saturated heterocycles. The first-order chi connectivity index (χ1) is 13.3. The summed E-state index contributed by atoms with van der Waals surface area (Å²) in [6.07, 6.45) is 1.04. The highest BCUT2D eigenvalue weighted by Crippen LogP contribution is 2.40. The van der Waals surface area contributed by atoms with Crippen molar-refractivity contribution in [2.24, 2.45) is 0 Å². The van der Waals surface area contributed by atoms with Crippen LogP contribution in [0.15, 0.2) is 78.9 Å². The normalized spacial score (nSPS) is 20.2. The van der Waals surface area contributed by atoms with Gasteiger partial charge in [-0.15, -0.1) is 0 Å². The Bertz CT molecular complexity index is 934. The minimum absolute atomic E-state index is 0.421. The molecule has 0 unspecified atom stereocenters. The Hall–Kier alpha value is -2.58. The van der Waals surface area contributed by atoms with Crippen LogP contribution in [0, 0.1) is 0 Å². The molecule has 2 heterocycles. The van der Waals surface area contributed by atoms with Gasteiger partial charge in [-0.05, 0) is 41.7 Å². The zero-order valence-electron chi connectivity index (χ0n) is 15.9. The van der Waals surface area contributed by atoms with E-state index >= 15 is 0 Å². The molecule has 3 aromatic carbocycles. The average molecular weight is 354 g/mol. The van der Waals surface area contributed by atoms with Crippen LogP contribution in [0.1, 0.15) is 41.3 Å². The number of fused-ring (bicyclic) bond motifs is 5. The molecule has 0 saturated carbocycles. The summed E-state index contributed by atoms with van der Waals surface area (Å²) in [6, 6.07) is 29.8. The quantitative estimate of drug-likeness (QED) is 0.623. The SMILES string of the molecule is C[C@@H](c1ccccc1)N1CCN2c3ccccc3Cc3ccccc3[C@@H]2C1. The van der Waals surface area contributed by atoms with Crippen molar-refractivity contribution in [1.82, 2.24) is 4.90 Å². The monoisotopic (exact) mass is 354 g/mol. The summed E-state index contributed by atoms with van der Waals surface area (Å²) < 4.78 is 0. The maximum atomic E-state index is 2.65. The lowest BCUT2D eigenvalue weighted by molar-refractivity contribution is 0.171. The van der Waals surface area contributed by atoms with E-state index in [1.807, 2.05) is 0 Å². The minimum atomic E-state index is 0.421. The number of anilines is 1. The van der Waals surface area contributed by atoms with Gasteiger partial charge in [0.25, 0.3) is 0 Å². The van der Waals surface area contributed by atoms with Crippen LogP contribution < -0.4 is 4.90 Å². The second-order valence-electron chi connectivity index (χ2n) is 7.80. The fourth-order valence-electron chi connectivity index (χ4n) is 4.82. The molecule has 1 fully saturated rings. The Kier molecular flexibility index (Phi) is 4.21. The Labute approximate surface area is 162 Å². The van der Waals surface area contributed by atoms with Gasteiger partial charge in [0.2, 0.25) is 0 Å². The van der Waals surface area contributed by atoms with Crippen LogP contribution in [0.25, 0.3) is 0 Å². The molecular formula is C25H26N2. The fraction of sp³-hybridized carbons (Fsp3) is 0.280. The first-order valence-electron chi connectivity index (χ1n) is 10.0. The smallest absolute Gasteiger partial charge is 0.0673 e. The molecule has 0 aliphatic carbocycles. The van der Waals surface area contributed by atoms with Crippen molar-refractivity contribution < 1.29 is 0 Å². The molecule has 0 radical (unpaired) electrons. The molecule has 5 rings (SSSR count). The summed E-state index contributed by atoms with van der Waals surface area (Å²) in [5.41, 5.74) is 7.27. The van der Waals surface area contributed by atoms with Crippen molar-refractivity contribution in [3.05, 3.63) is 101 Å². The van der Waals surface area contributed by atoms with Crippen LogP contribution in [0.2, 0.25) is 0 Å². The lowest BCUT2D eigenvalue weighted by Gasteiger charge is -2.45. The number of hydrogen-bond acceptors (Lipinski definition) is 2. The van der Waals surface area contributed by atoms with Gasteiger partial charge in [0.1, 0.15) is 0 Å². The van der Waals surface area contributed by atoms with Gasteiger partial charge in [0.05, 0.1) is 6.04 Å². The summed E-state index contributed by atoms with van der Waals surface area (Å²) in [5, 5.41) is 0. The average Bonchev–Trinajstić information content (AvgIpc) is 2.88. The van der Waals surface area contributed by atoms with Gasteiger partial charge in [0.15, 0.2) is 0 Å².